The number of ether oxygens (including phenoxy) is 1. The second-order valence-corrected chi connectivity index (χ2v) is 10.0. The number of allylic oxidation sites excluding steroid dienone is 1. The molecule has 4 heteroatoms. The van der Waals surface area contributed by atoms with Crippen molar-refractivity contribution in [2.75, 3.05) is 6.54 Å². The third-order valence-corrected chi connectivity index (χ3v) is 6.60. The predicted octanol–water partition coefficient (Wildman–Crippen LogP) is 5.99. The van der Waals surface area contributed by atoms with Crippen LogP contribution in [0.3, 0.4) is 0 Å². The molecule has 0 saturated carbocycles. The zero-order chi connectivity index (χ0) is 22.3. The van der Waals surface area contributed by atoms with E-state index in [2.05, 4.69) is 44.7 Å². The molecule has 0 bridgehead atoms. The fraction of sp³-hybridized carbons (Fsp3) is 0.444. The van der Waals surface area contributed by atoms with Crippen molar-refractivity contribution in [3.05, 3.63) is 63.9 Å². The number of benzene rings is 2. The summed E-state index contributed by atoms with van der Waals surface area (Å²) in [7, 11) is 0. The zero-order valence-electron chi connectivity index (χ0n) is 19.3. The first-order chi connectivity index (χ1) is 14.6. The second kappa shape index (κ2) is 8.16. The van der Waals surface area contributed by atoms with Gasteiger partial charge in [-0.2, -0.15) is 0 Å². The highest BCUT2D eigenvalue weighted by Gasteiger charge is 2.34. The average Bonchev–Trinajstić information content (AvgIpc) is 3.03. The molecule has 2 heterocycles. The largest absolute Gasteiger partial charge is 0.507 e. The van der Waals surface area contributed by atoms with Gasteiger partial charge in [-0.05, 0) is 67.5 Å². The van der Waals surface area contributed by atoms with Crippen LogP contribution in [-0.2, 0) is 12.0 Å². The van der Waals surface area contributed by atoms with Crippen molar-refractivity contribution in [2.24, 2.45) is 0 Å². The first-order valence-electron chi connectivity index (χ1n) is 11.3. The lowest BCUT2D eigenvalue weighted by Gasteiger charge is -2.33. The van der Waals surface area contributed by atoms with Crippen LogP contribution in [0.4, 0.5) is 0 Å². The van der Waals surface area contributed by atoms with Crippen molar-refractivity contribution in [1.82, 2.24) is 4.90 Å². The highest BCUT2D eigenvalue weighted by Crippen LogP contribution is 2.43. The van der Waals surface area contributed by atoms with Gasteiger partial charge >= 0.3 is 0 Å². The third kappa shape index (κ3) is 4.27. The Balaban J connectivity index is 1.66. The van der Waals surface area contributed by atoms with Crippen molar-refractivity contribution in [2.45, 2.75) is 71.9 Å². The summed E-state index contributed by atoms with van der Waals surface area (Å²) in [6.07, 6.45) is 5.36. The van der Waals surface area contributed by atoms with Gasteiger partial charge in [-0.3, -0.25) is 9.69 Å². The van der Waals surface area contributed by atoms with Gasteiger partial charge in [-0.25, -0.2) is 0 Å². The number of rotatable bonds is 3. The second-order valence-electron chi connectivity index (χ2n) is 10.0. The summed E-state index contributed by atoms with van der Waals surface area (Å²) in [6, 6.07) is 10.4. The Morgan fingerprint density at radius 1 is 1.19 bits per heavy atom. The number of nitrogens with zero attached hydrogens (tertiary/aromatic N) is 1. The first-order valence-corrected chi connectivity index (χ1v) is 11.3. The van der Waals surface area contributed by atoms with E-state index in [0.29, 0.717) is 35.2 Å². The van der Waals surface area contributed by atoms with Gasteiger partial charge in [0.25, 0.3) is 0 Å². The van der Waals surface area contributed by atoms with E-state index in [1.807, 2.05) is 19.1 Å². The van der Waals surface area contributed by atoms with E-state index in [9.17, 15) is 9.90 Å². The van der Waals surface area contributed by atoms with E-state index in [-0.39, 0.29) is 16.9 Å². The van der Waals surface area contributed by atoms with Crippen molar-refractivity contribution < 1.29 is 14.6 Å². The Hall–Kier alpha value is -2.59. The summed E-state index contributed by atoms with van der Waals surface area (Å²) in [5.74, 6) is 0.941. The average molecular weight is 420 g/mol. The lowest BCUT2D eigenvalue weighted by Crippen LogP contribution is -2.36. The molecule has 1 unspecified atom stereocenters. The number of hydrogen-bond acceptors (Lipinski definition) is 4. The molecule has 2 aliphatic heterocycles. The van der Waals surface area contributed by atoms with Gasteiger partial charge in [0.1, 0.15) is 11.5 Å². The van der Waals surface area contributed by atoms with Gasteiger partial charge in [0, 0.05) is 12.6 Å². The van der Waals surface area contributed by atoms with E-state index < -0.39 is 0 Å². The van der Waals surface area contributed by atoms with Crippen LogP contribution in [0.2, 0.25) is 0 Å². The van der Waals surface area contributed by atoms with Crippen molar-refractivity contribution >= 4 is 11.9 Å². The SMILES string of the molecule is Cc1cc(O)c(CN2CCCCC2C)c2c1C(=O)/C(=C/c1ccc(C(C)(C)C)cc1)O2. The molecule has 1 N–H and O–H groups in total. The van der Waals surface area contributed by atoms with Crippen molar-refractivity contribution in [1.29, 1.82) is 0 Å². The number of carbonyl (C=O) groups excluding carboxylic acids is 1. The minimum absolute atomic E-state index is 0.0801. The molecule has 4 nitrogen and oxygen atoms in total. The highest BCUT2D eigenvalue weighted by molar-refractivity contribution is 6.15. The molecule has 1 saturated heterocycles. The van der Waals surface area contributed by atoms with Crippen LogP contribution in [0.25, 0.3) is 6.08 Å². The van der Waals surface area contributed by atoms with Crippen LogP contribution in [0.15, 0.2) is 36.1 Å². The number of phenols is 1. The van der Waals surface area contributed by atoms with E-state index in [0.717, 1.165) is 30.5 Å². The number of ketones is 1. The van der Waals surface area contributed by atoms with Gasteiger partial charge in [-0.15, -0.1) is 0 Å². The first kappa shape index (κ1) is 21.6. The van der Waals surface area contributed by atoms with E-state index in [4.69, 9.17) is 4.74 Å². The van der Waals surface area contributed by atoms with Crippen LogP contribution in [0.1, 0.15) is 79.6 Å². The van der Waals surface area contributed by atoms with E-state index in [1.165, 1.54) is 12.0 Å². The molecular formula is C27H33NO3. The summed E-state index contributed by atoms with van der Waals surface area (Å²) in [5.41, 5.74) is 4.30. The molecular weight excluding hydrogens is 386 g/mol. The topological polar surface area (TPSA) is 49.8 Å². The zero-order valence-corrected chi connectivity index (χ0v) is 19.3. The number of phenolic OH excluding ortho intramolecular Hbond substituents is 1. The number of aryl methyl sites for hydroxylation is 1. The third-order valence-electron chi connectivity index (χ3n) is 6.60. The van der Waals surface area contributed by atoms with Crippen LogP contribution in [0.5, 0.6) is 11.5 Å². The van der Waals surface area contributed by atoms with Crippen molar-refractivity contribution in [3.8, 4) is 11.5 Å². The van der Waals surface area contributed by atoms with Crippen LogP contribution >= 0.6 is 0 Å². The van der Waals surface area contributed by atoms with Gasteiger partial charge in [0.15, 0.2) is 5.76 Å². The molecule has 2 aromatic carbocycles. The minimum Gasteiger partial charge on any atom is -0.507 e. The molecule has 0 amide bonds. The number of fused-ring (bicyclic) bond motifs is 1. The number of carbonyl (C=O) groups is 1. The molecule has 2 aromatic rings. The maximum Gasteiger partial charge on any atom is 0.232 e. The van der Waals surface area contributed by atoms with Gasteiger partial charge in [0.05, 0.1) is 11.1 Å². The molecule has 0 aromatic heterocycles. The Morgan fingerprint density at radius 3 is 2.55 bits per heavy atom. The minimum atomic E-state index is -0.111. The number of piperidine rings is 1. The lowest BCUT2D eigenvalue weighted by molar-refractivity contribution is 0.101. The quantitative estimate of drug-likeness (QED) is 0.621. The van der Waals surface area contributed by atoms with Gasteiger partial charge < -0.3 is 9.84 Å². The molecule has 31 heavy (non-hydrogen) atoms. The molecule has 1 atom stereocenters. The monoisotopic (exact) mass is 419 g/mol. The Kier molecular flexibility index (Phi) is 5.69. The summed E-state index contributed by atoms with van der Waals surface area (Å²) in [6.45, 7) is 12.2. The lowest BCUT2D eigenvalue weighted by atomic mass is 9.86. The number of Topliss-reactive ketones (excluding diaryl/α,β-unsaturated/α-hetero) is 1. The molecule has 0 radical (unpaired) electrons. The molecule has 4 rings (SSSR count). The Bertz CT molecular complexity index is 1030. The van der Waals surface area contributed by atoms with Crippen LogP contribution < -0.4 is 4.74 Å². The standard InChI is InChI=1S/C27H33NO3/c1-17-14-22(29)21(16-28-13-7-6-8-18(28)2)26-24(17)25(30)23(31-26)15-19-9-11-20(12-10-19)27(3,4)5/h9-12,14-15,18,29H,6-8,13,16H2,1-5H3/b23-15-. The Morgan fingerprint density at radius 2 is 1.90 bits per heavy atom. The van der Waals surface area contributed by atoms with Gasteiger partial charge in [-0.1, -0.05) is 51.5 Å². The predicted molar refractivity (Wildman–Crippen MR) is 125 cm³/mol. The smallest absolute Gasteiger partial charge is 0.232 e. The Labute approximate surface area is 185 Å². The summed E-state index contributed by atoms with van der Waals surface area (Å²) in [5, 5.41) is 10.7. The number of hydrogen-bond donors (Lipinski definition) is 1. The van der Waals surface area contributed by atoms with Gasteiger partial charge in [0.2, 0.25) is 5.78 Å². The van der Waals surface area contributed by atoms with Crippen LogP contribution in [0, 0.1) is 6.92 Å². The summed E-state index contributed by atoms with van der Waals surface area (Å²) in [4.78, 5) is 15.5. The summed E-state index contributed by atoms with van der Waals surface area (Å²) < 4.78 is 6.12. The highest BCUT2D eigenvalue weighted by atomic mass is 16.5. The molecule has 0 spiro atoms. The number of likely N-dealkylation sites (tertiary alicyclic amines) is 1. The maximum absolute atomic E-state index is 13.2. The molecule has 2 aliphatic rings. The molecule has 164 valence electrons. The van der Waals surface area contributed by atoms with Crippen molar-refractivity contribution in [3.63, 3.8) is 0 Å². The van der Waals surface area contributed by atoms with E-state index >= 15 is 0 Å². The maximum atomic E-state index is 13.2. The van der Waals surface area contributed by atoms with Crippen LogP contribution in [-0.4, -0.2) is 28.4 Å². The fourth-order valence-electron chi connectivity index (χ4n) is 4.56. The fourth-order valence-corrected chi connectivity index (χ4v) is 4.56. The summed E-state index contributed by atoms with van der Waals surface area (Å²) >= 11 is 0. The number of aromatic hydroxyl groups is 1. The van der Waals surface area contributed by atoms with E-state index in [1.54, 1.807) is 12.1 Å². The normalized spacial score (nSPS) is 20.7. The molecule has 0 aliphatic carbocycles. The molecule has 1 fully saturated rings.